The highest BCUT2D eigenvalue weighted by atomic mass is 32.2. The molecule has 4 heteroatoms. The Morgan fingerprint density at radius 1 is 1.19 bits per heavy atom. The lowest BCUT2D eigenvalue weighted by atomic mass is 10.2. The molecular formula is C17H14O3S. The molecule has 0 bridgehead atoms. The second kappa shape index (κ2) is 7.39. The highest BCUT2D eigenvalue weighted by molar-refractivity contribution is 8.02. The molecule has 2 aromatic carbocycles. The van der Waals surface area contributed by atoms with E-state index in [1.54, 1.807) is 36.8 Å². The molecule has 0 aliphatic rings. The maximum atomic E-state index is 11.1. The normalized spacial score (nSPS) is 9.57. The van der Waals surface area contributed by atoms with Crippen LogP contribution in [0.25, 0.3) is 6.08 Å². The second-order valence-corrected chi connectivity index (χ2v) is 5.00. The number of methoxy groups -OCH3 is 1. The average molecular weight is 298 g/mol. The standard InChI is InChI=1S/C17H14O3S/c1-20-15-10-4-2-7-13(15)8-6-12-21-16-11-5-3-9-14(16)17(18)19/h2-5,7-12H,1H3,(H,18,19). The number of carbonyl (C=O) groups is 1. The molecule has 0 aliphatic heterocycles. The predicted molar refractivity (Wildman–Crippen MR) is 84.8 cm³/mol. The number of hydrogen-bond donors (Lipinski definition) is 1. The van der Waals surface area contributed by atoms with Crippen LogP contribution in [0.1, 0.15) is 15.9 Å². The van der Waals surface area contributed by atoms with E-state index in [2.05, 4.69) is 5.73 Å². The van der Waals surface area contributed by atoms with Crippen LogP contribution < -0.4 is 4.74 Å². The van der Waals surface area contributed by atoms with E-state index in [1.165, 1.54) is 11.8 Å². The fourth-order valence-electron chi connectivity index (χ4n) is 1.75. The zero-order chi connectivity index (χ0) is 15.1. The van der Waals surface area contributed by atoms with Gasteiger partial charge < -0.3 is 9.84 Å². The number of hydrogen-bond acceptors (Lipinski definition) is 3. The fraction of sp³-hybridized carbons (Fsp3) is 0.0588. The average Bonchev–Trinajstić information content (AvgIpc) is 2.52. The smallest absolute Gasteiger partial charge is 0.336 e. The van der Waals surface area contributed by atoms with Crippen molar-refractivity contribution in [1.82, 2.24) is 0 Å². The van der Waals surface area contributed by atoms with Gasteiger partial charge in [-0.1, -0.05) is 42.1 Å². The Balaban J connectivity index is 2.16. The van der Waals surface area contributed by atoms with E-state index in [9.17, 15) is 4.79 Å². The molecule has 0 aromatic heterocycles. The lowest BCUT2D eigenvalue weighted by Gasteiger charge is -2.02. The molecule has 106 valence electrons. The van der Waals surface area contributed by atoms with E-state index >= 15 is 0 Å². The summed E-state index contributed by atoms with van der Waals surface area (Å²) in [4.78, 5) is 11.8. The number of carboxylic acid groups (broad SMARTS) is 1. The monoisotopic (exact) mass is 298 g/mol. The third-order valence-corrected chi connectivity index (χ3v) is 3.61. The zero-order valence-electron chi connectivity index (χ0n) is 11.4. The summed E-state index contributed by atoms with van der Waals surface area (Å²) in [6.07, 6.45) is 1.80. The molecule has 1 N–H and O–H groups in total. The Kier molecular flexibility index (Phi) is 5.27. The van der Waals surface area contributed by atoms with Crippen molar-refractivity contribution < 1.29 is 14.6 Å². The molecule has 0 saturated carbocycles. The number of rotatable bonds is 5. The van der Waals surface area contributed by atoms with Gasteiger partial charge in [-0.15, -0.1) is 5.73 Å². The van der Waals surface area contributed by atoms with Crippen molar-refractivity contribution in [3.05, 3.63) is 70.8 Å². The molecule has 3 nitrogen and oxygen atoms in total. The van der Waals surface area contributed by atoms with Crippen LogP contribution in [-0.4, -0.2) is 18.2 Å². The Morgan fingerprint density at radius 3 is 2.67 bits per heavy atom. The maximum absolute atomic E-state index is 11.1. The van der Waals surface area contributed by atoms with Crippen LogP contribution in [0.15, 0.2) is 64.6 Å². The summed E-state index contributed by atoms with van der Waals surface area (Å²) >= 11 is 1.32. The van der Waals surface area contributed by atoms with Crippen molar-refractivity contribution >= 4 is 23.8 Å². The summed E-state index contributed by atoms with van der Waals surface area (Å²) in [5.74, 6) is -0.158. The van der Waals surface area contributed by atoms with Gasteiger partial charge in [-0.05, 0) is 24.3 Å². The van der Waals surface area contributed by atoms with Crippen LogP contribution in [-0.2, 0) is 0 Å². The van der Waals surface area contributed by atoms with Crippen LogP contribution in [0.5, 0.6) is 5.75 Å². The molecule has 0 fully saturated rings. The first-order chi connectivity index (χ1) is 10.2. The minimum Gasteiger partial charge on any atom is -0.496 e. The number of aromatic carboxylic acids is 1. The van der Waals surface area contributed by atoms with Crippen LogP contribution >= 0.6 is 11.8 Å². The molecule has 0 unspecified atom stereocenters. The maximum Gasteiger partial charge on any atom is 0.336 e. The van der Waals surface area contributed by atoms with Crippen molar-refractivity contribution in [3.8, 4) is 5.75 Å². The van der Waals surface area contributed by atoms with Gasteiger partial charge in [0.1, 0.15) is 5.75 Å². The fourth-order valence-corrected chi connectivity index (χ4v) is 2.46. The van der Waals surface area contributed by atoms with E-state index in [4.69, 9.17) is 9.84 Å². The van der Waals surface area contributed by atoms with Crippen molar-refractivity contribution in [2.75, 3.05) is 7.11 Å². The van der Waals surface area contributed by atoms with Crippen LogP contribution in [0.2, 0.25) is 0 Å². The number of carboxylic acids is 1. The molecule has 0 amide bonds. The Bertz CT molecular complexity index is 701. The van der Waals surface area contributed by atoms with Crippen LogP contribution in [0.4, 0.5) is 0 Å². The number of para-hydroxylation sites is 1. The molecule has 0 spiro atoms. The molecule has 0 saturated heterocycles. The minimum absolute atomic E-state index is 0.290. The zero-order valence-corrected chi connectivity index (χ0v) is 12.3. The van der Waals surface area contributed by atoms with Gasteiger partial charge in [0.25, 0.3) is 0 Å². The molecule has 0 radical (unpaired) electrons. The first-order valence-electron chi connectivity index (χ1n) is 6.25. The Morgan fingerprint density at radius 2 is 1.90 bits per heavy atom. The van der Waals surface area contributed by atoms with Crippen molar-refractivity contribution in [2.24, 2.45) is 0 Å². The van der Waals surface area contributed by atoms with Gasteiger partial charge >= 0.3 is 5.97 Å². The third-order valence-electron chi connectivity index (χ3n) is 2.75. The van der Waals surface area contributed by atoms with E-state index in [1.807, 2.05) is 30.3 Å². The molecule has 0 aliphatic carbocycles. The van der Waals surface area contributed by atoms with Gasteiger partial charge in [0.05, 0.1) is 12.7 Å². The van der Waals surface area contributed by atoms with E-state index in [0.717, 1.165) is 11.3 Å². The van der Waals surface area contributed by atoms with Crippen LogP contribution in [0, 0.1) is 0 Å². The molecule has 0 heterocycles. The molecular weight excluding hydrogens is 284 g/mol. The van der Waals surface area contributed by atoms with Gasteiger partial charge in [-0.3, -0.25) is 0 Å². The Hall–Kier alpha value is -2.42. The highest BCUT2D eigenvalue weighted by Gasteiger charge is 2.07. The first-order valence-corrected chi connectivity index (χ1v) is 7.13. The van der Waals surface area contributed by atoms with E-state index in [-0.39, 0.29) is 5.56 Å². The lowest BCUT2D eigenvalue weighted by molar-refractivity contribution is 0.0693. The molecule has 21 heavy (non-hydrogen) atoms. The number of thioether (sulfide) groups is 1. The van der Waals surface area contributed by atoms with Gasteiger partial charge in [-0.25, -0.2) is 4.79 Å². The van der Waals surface area contributed by atoms with Crippen molar-refractivity contribution in [2.45, 2.75) is 4.90 Å². The highest BCUT2D eigenvalue weighted by Crippen LogP contribution is 2.24. The van der Waals surface area contributed by atoms with Gasteiger partial charge in [0.15, 0.2) is 0 Å². The van der Waals surface area contributed by atoms with Crippen molar-refractivity contribution in [3.63, 3.8) is 0 Å². The van der Waals surface area contributed by atoms with Gasteiger partial charge in [0.2, 0.25) is 0 Å². The quantitative estimate of drug-likeness (QED) is 0.660. The number of benzene rings is 2. The van der Waals surface area contributed by atoms with E-state index < -0.39 is 5.97 Å². The summed E-state index contributed by atoms with van der Waals surface area (Å²) in [5.41, 5.74) is 4.24. The van der Waals surface area contributed by atoms with Crippen molar-refractivity contribution in [1.29, 1.82) is 0 Å². The van der Waals surface area contributed by atoms with Crippen LogP contribution in [0.3, 0.4) is 0 Å². The molecule has 2 aromatic rings. The summed E-state index contributed by atoms with van der Waals surface area (Å²) in [7, 11) is 1.62. The van der Waals surface area contributed by atoms with Gasteiger partial charge in [-0.2, -0.15) is 0 Å². The first kappa shape index (κ1) is 15.0. The third kappa shape index (κ3) is 4.02. The second-order valence-electron chi connectivity index (χ2n) is 4.09. The molecule has 0 atom stereocenters. The Labute approximate surface area is 127 Å². The summed E-state index contributed by atoms with van der Waals surface area (Å²) in [6, 6.07) is 14.5. The lowest BCUT2D eigenvalue weighted by Crippen LogP contribution is -1.97. The number of ether oxygens (including phenoxy) is 1. The minimum atomic E-state index is -0.930. The topological polar surface area (TPSA) is 46.5 Å². The summed E-state index contributed by atoms with van der Waals surface area (Å²) in [6.45, 7) is 0. The molecule has 2 rings (SSSR count). The van der Waals surface area contributed by atoms with E-state index in [0.29, 0.717) is 4.90 Å². The predicted octanol–water partition coefficient (Wildman–Crippen LogP) is 4.31. The van der Waals surface area contributed by atoms with Gasteiger partial charge in [0, 0.05) is 15.9 Å². The SMILES string of the molecule is COc1ccccc1C=C=CSc1ccccc1C(=O)O. The largest absolute Gasteiger partial charge is 0.496 e. The summed E-state index contributed by atoms with van der Waals surface area (Å²) < 4.78 is 5.24. The summed E-state index contributed by atoms with van der Waals surface area (Å²) in [5, 5.41) is 10.8.